The Bertz CT molecular complexity index is 584. The van der Waals surface area contributed by atoms with Gasteiger partial charge in [0.15, 0.2) is 0 Å². The topological polar surface area (TPSA) is 56.9 Å². The molecule has 1 aromatic carbocycles. The van der Waals surface area contributed by atoms with E-state index in [4.69, 9.17) is 0 Å². The number of carbonyl (C=O) groups is 1. The Balaban J connectivity index is 1.54. The van der Waals surface area contributed by atoms with E-state index in [1.165, 1.54) is 24.6 Å². The average molecular weight is 271 g/mol. The number of urea groups is 1. The maximum absolute atomic E-state index is 11.9. The molecule has 0 spiro atoms. The lowest BCUT2D eigenvalue weighted by molar-refractivity contribution is 0.232. The summed E-state index contributed by atoms with van der Waals surface area (Å²) in [4.78, 5) is 15.1. The van der Waals surface area contributed by atoms with E-state index in [0.717, 1.165) is 23.9 Å². The van der Waals surface area contributed by atoms with Gasteiger partial charge in [0.25, 0.3) is 0 Å². The van der Waals surface area contributed by atoms with Gasteiger partial charge in [0.2, 0.25) is 0 Å². The minimum atomic E-state index is -0.0535. The monoisotopic (exact) mass is 271 g/mol. The van der Waals surface area contributed by atoms with Crippen LogP contribution in [0.1, 0.15) is 37.7 Å². The van der Waals surface area contributed by atoms with Crippen LogP contribution in [0.15, 0.2) is 30.5 Å². The first-order chi connectivity index (χ1) is 9.83. The number of rotatable bonds is 3. The van der Waals surface area contributed by atoms with Crippen LogP contribution in [0.2, 0.25) is 0 Å². The van der Waals surface area contributed by atoms with Gasteiger partial charge in [-0.2, -0.15) is 0 Å². The number of para-hydroxylation sites is 1. The van der Waals surface area contributed by atoms with Crippen LogP contribution in [0.5, 0.6) is 0 Å². The Morgan fingerprint density at radius 3 is 2.85 bits per heavy atom. The van der Waals surface area contributed by atoms with Crippen LogP contribution < -0.4 is 10.6 Å². The molecular formula is C16H21N3O. The minimum Gasteiger partial charge on any atom is -0.361 e. The van der Waals surface area contributed by atoms with Crippen molar-refractivity contribution in [3.63, 3.8) is 0 Å². The molecule has 0 atom stereocenters. The molecule has 4 nitrogen and oxygen atoms in total. The van der Waals surface area contributed by atoms with E-state index >= 15 is 0 Å². The number of hydrogen-bond donors (Lipinski definition) is 3. The molecule has 1 aliphatic rings. The standard InChI is InChI=1S/C16H21N3O/c20-16(19-13-6-2-1-3-7-13)18-11-12-10-17-15-9-5-4-8-14(12)15/h4-5,8-10,13,17H,1-3,6-7,11H2,(H2,18,19,20). The molecule has 0 radical (unpaired) electrons. The highest BCUT2D eigenvalue weighted by atomic mass is 16.2. The zero-order valence-electron chi connectivity index (χ0n) is 11.6. The normalized spacial score (nSPS) is 16.2. The van der Waals surface area contributed by atoms with Gasteiger partial charge in [0.05, 0.1) is 0 Å². The van der Waals surface area contributed by atoms with Gasteiger partial charge in [-0.25, -0.2) is 4.79 Å². The maximum Gasteiger partial charge on any atom is 0.315 e. The molecule has 0 bridgehead atoms. The van der Waals surface area contributed by atoms with E-state index < -0.39 is 0 Å². The molecule has 1 aliphatic carbocycles. The second-order valence-corrected chi connectivity index (χ2v) is 5.52. The molecule has 1 aromatic heterocycles. The van der Waals surface area contributed by atoms with Gasteiger partial charge in [-0.15, -0.1) is 0 Å². The Morgan fingerprint density at radius 2 is 2.00 bits per heavy atom. The fourth-order valence-corrected chi connectivity index (χ4v) is 2.94. The summed E-state index contributed by atoms with van der Waals surface area (Å²) in [6.07, 6.45) is 7.95. The van der Waals surface area contributed by atoms with E-state index in [2.05, 4.69) is 21.7 Å². The molecular weight excluding hydrogens is 250 g/mol. The number of hydrogen-bond acceptors (Lipinski definition) is 1. The van der Waals surface area contributed by atoms with Gasteiger partial charge < -0.3 is 15.6 Å². The van der Waals surface area contributed by atoms with E-state index in [-0.39, 0.29) is 6.03 Å². The molecule has 2 amide bonds. The predicted molar refractivity (Wildman–Crippen MR) is 80.5 cm³/mol. The van der Waals surface area contributed by atoms with Crippen LogP contribution in [0.3, 0.4) is 0 Å². The van der Waals surface area contributed by atoms with Crippen molar-refractivity contribution in [1.82, 2.24) is 15.6 Å². The lowest BCUT2D eigenvalue weighted by Gasteiger charge is -2.22. The minimum absolute atomic E-state index is 0.0535. The molecule has 2 aromatic rings. The Morgan fingerprint density at radius 1 is 1.20 bits per heavy atom. The van der Waals surface area contributed by atoms with E-state index in [1.54, 1.807) is 0 Å². The maximum atomic E-state index is 11.9. The Labute approximate surface area is 118 Å². The summed E-state index contributed by atoms with van der Waals surface area (Å²) in [5.41, 5.74) is 2.23. The van der Waals surface area contributed by atoms with Gasteiger partial charge >= 0.3 is 6.03 Å². The van der Waals surface area contributed by atoms with Crippen LogP contribution in [0.25, 0.3) is 10.9 Å². The summed E-state index contributed by atoms with van der Waals surface area (Å²) < 4.78 is 0. The quantitative estimate of drug-likeness (QED) is 0.788. The number of H-pyrrole nitrogens is 1. The molecule has 20 heavy (non-hydrogen) atoms. The van der Waals surface area contributed by atoms with Crippen LogP contribution in [-0.4, -0.2) is 17.1 Å². The van der Waals surface area contributed by atoms with E-state index in [0.29, 0.717) is 12.6 Å². The number of benzene rings is 1. The molecule has 0 aliphatic heterocycles. The molecule has 4 heteroatoms. The molecule has 3 rings (SSSR count). The van der Waals surface area contributed by atoms with Crippen molar-refractivity contribution < 1.29 is 4.79 Å². The number of nitrogens with one attached hydrogen (secondary N) is 3. The van der Waals surface area contributed by atoms with Crippen molar-refractivity contribution >= 4 is 16.9 Å². The average Bonchev–Trinajstić information content (AvgIpc) is 2.89. The molecule has 0 saturated heterocycles. The van der Waals surface area contributed by atoms with Crippen LogP contribution >= 0.6 is 0 Å². The first kappa shape index (κ1) is 13.0. The molecule has 0 unspecified atom stereocenters. The molecule has 3 N–H and O–H groups in total. The number of carbonyl (C=O) groups excluding carboxylic acids is 1. The van der Waals surface area contributed by atoms with Gasteiger partial charge in [0, 0.05) is 29.7 Å². The van der Waals surface area contributed by atoms with Gasteiger partial charge in [-0.3, -0.25) is 0 Å². The highest BCUT2D eigenvalue weighted by Gasteiger charge is 2.15. The van der Waals surface area contributed by atoms with Crippen molar-refractivity contribution in [2.24, 2.45) is 0 Å². The number of aromatic nitrogens is 1. The first-order valence-electron chi connectivity index (χ1n) is 7.42. The molecule has 1 saturated carbocycles. The van der Waals surface area contributed by atoms with E-state index in [9.17, 15) is 4.79 Å². The smallest absolute Gasteiger partial charge is 0.315 e. The summed E-state index contributed by atoms with van der Waals surface area (Å²) >= 11 is 0. The summed E-state index contributed by atoms with van der Waals surface area (Å²) in [6, 6.07) is 8.44. The Hall–Kier alpha value is -1.97. The van der Waals surface area contributed by atoms with Gasteiger partial charge in [-0.05, 0) is 24.5 Å². The largest absolute Gasteiger partial charge is 0.361 e. The number of aromatic amines is 1. The summed E-state index contributed by atoms with van der Waals surface area (Å²) in [5.74, 6) is 0. The van der Waals surface area contributed by atoms with Crippen molar-refractivity contribution in [2.75, 3.05) is 0 Å². The zero-order valence-corrected chi connectivity index (χ0v) is 11.6. The van der Waals surface area contributed by atoms with Crippen molar-refractivity contribution in [3.8, 4) is 0 Å². The molecule has 106 valence electrons. The fraction of sp³-hybridized carbons (Fsp3) is 0.438. The third kappa shape index (κ3) is 2.95. The highest BCUT2D eigenvalue weighted by Crippen LogP contribution is 2.18. The van der Waals surface area contributed by atoms with Gasteiger partial charge in [-0.1, -0.05) is 37.5 Å². The molecule has 1 fully saturated rings. The SMILES string of the molecule is O=C(NCc1c[nH]c2ccccc12)NC1CCCCC1. The third-order valence-corrected chi connectivity index (χ3v) is 4.05. The third-order valence-electron chi connectivity index (χ3n) is 4.05. The first-order valence-corrected chi connectivity index (χ1v) is 7.42. The lowest BCUT2D eigenvalue weighted by Crippen LogP contribution is -2.42. The van der Waals surface area contributed by atoms with Crippen LogP contribution in [-0.2, 0) is 6.54 Å². The van der Waals surface area contributed by atoms with E-state index in [1.807, 2.05) is 24.4 Å². The Kier molecular flexibility index (Phi) is 3.90. The van der Waals surface area contributed by atoms with Crippen molar-refractivity contribution in [2.45, 2.75) is 44.7 Å². The number of fused-ring (bicyclic) bond motifs is 1. The summed E-state index contributed by atoms with van der Waals surface area (Å²) in [7, 11) is 0. The highest BCUT2D eigenvalue weighted by molar-refractivity contribution is 5.83. The van der Waals surface area contributed by atoms with Gasteiger partial charge in [0.1, 0.15) is 0 Å². The number of amides is 2. The summed E-state index contributed by atoms with van der Waals surface area (Å²) in [6.45, 7) is 0.558. The second kappa shape index (κ2) is 5.99. The fourth-order valence-electron chi connectivity index (χ4n) is 2.94. The summed E-state index contributed by atoms with van der Waals surface area (Å²) in [5, 5.41) is 7.20. The lowest BCUT2D eigenvalue weighted by atomic mass is 9.96. The zero-order chi connectivity index (χ0) is 13.8. The van der Waals surface area contributed by atoms with Crippen LogP contribution in [0, 0.1) is 0 Å². The molecule has 1 heterocycles. The van der Waals surface area contributed by atoms with Crippen molar-refractivity contribution in [3.05, 3.63) is 36.0 Å². The predicted octanol–water partition coefficient (Wildman–Crippen LogP) is 3.30. The van der Waals surface area contributed by atoms with Crippen molar-refractivity contribution in [1.29, 1.82) is 0 Å². The van der Waals surface area contributed by atoms with Crippen LogP contribution in [0.4, 0.5) is 4.79 Å². The second-order valence-electron chi connectivity index (χ2n) is 5.52.